The molecule has 26 heavy (non-hydrogen) atoms. The van der Waals surface area contributed by atoms with E-state index < -0.39 is 0 Å². The number of carbonyl (C=O) groups excluding carboxylic acids is 2. The average Bonchev–Trinajstić information content (AvgIpc) is 3.30. The highest BCUT2D eigenvalue weighted by Crippen LogP contribution is 2.16. The van der Waals surface area contributed by atoms with Crippen molar-refractivity contribution < 1.29 is 9.59 Å². The average molecular weight is 355 g/mol. The third kappa shape index (κ3) is 4.41. The van der Waals surface area contributed by atoms with Crippen LogP contribution in [0.5, 0.6) is 0 Å². The maximum atomic E-state index is 12.5. The van der Waals surface area contributed by atoms with Crippen LogP contribution < -0.4 is 10.6 Å². The number of hydrogen-bond donors (Lipinski definition) is 3. The summed E-state index contributed by atoms with van der Waals surface area (Å²) in [4.78, 5) is 26.3. The van der Waals surface area contributed by atoms with Gasteiger partial charge in [0, 0.05) is 31.4 Å². The molecule has 1 aliphatic heterocycles. The van der Waals surface area contributed by atoms with E-state index in [1.54, 1.807) is 11.0 Å². The molecule has 2 aromatic rings. The summed E-state index contributed by atoms with van der Waals surface area (Å²) in [6.45, 7) is 5.69. The first-order chi connectivity index (χ1) is 12.5. The van der Waals surface area contributed by atoms with E-state index in [4.69, 9.17) is 0 Å². The maximum Gasteiger partial charge on any atom is 0.315 e. The monoisotopic (exact) mass is 355 g/mol. The third-order valence-electron chi connectivity index (χ3n) is 4.55. The van der Waals surface area contributed by atoms with Gasteiger partial charge in [-0.2, -0.15) is 5.10 Å². The molecular formula is C19H25N5O2. The highest BCUT2D eigenvalue weighted by atomic mass is 16.2. The quantitative estimate of drug-likeness (QED) is 0.768. The van der Waals surface area contributed by atoms with Gasteiger partial charge in [-0.25, -0.2) is 4.79 Å². The van der Waals surface area contributed by atoms with Crippen LogP contribution in [0.3, 0.4) is 0 Å². The van der Waals surface area contributed by atoms with E-state index in [-0.39, 0.29) is 18.0 Å². The van der Waals surface area contributed by atoms with E-state index in [1.165, 1.54) is 0 Å². The molecule has 7 nitrogen and oxygen atoms in total. The van der Waals surface area contributed by atoms with Crippen LogP contribution in [-0.4, -0.2) is 46.2 Å². The molecule has 0 spiro atoms. The number of urea groups is 1. The molecule has 0 saturated carbocycles. The number of nitrogens with one attached hydrogen (secondary N) is 3. The van der Waals surface area contributed by atoms with Crippen LogP contribution >= 0.6 is 0 Å². The highest BCUT2D eigenvalue weighted by Gasteiger charge is 2.29. The fourth-order valence-corrected chi connectivity index (χ4v) is 2.98. The molecule has 1 aromatic carbocycles. The van der Waals surface area contributed by atoms with Crippen molar-refractivity contribution in [3.8, 4) is 0 Å². The van der Waals surface area contributed by atoms with Gasteiger partial charge in [0.2, 0.25) is 0 Å². The van der Waals surface area contributed by atoms with Crippen molar-refractivity contribution in [2.45, 2.75) is 38.8 Å². The van der Waals surface area contributed by atoms with Gasteiger partial charge in [-0.3, -0.25) is 9.89 Å². The Morgan fingerprint density at radius 3 is 2.77 bits per heavy atom. The molecule has 7 heteroatoms. The zero-order valence-electron chi connectivity index (χ0n) is 15.2. The molecule has 0 aliphatic carbocycles. The van der Waals surface area contributed by atoms with Crippen molar-refractivity contribution in [2.75, 3.05) is 13.1 Å². The van der Waals surface area contributed by atoms with Crippen molar-refractivity contribution in [1.82, 2.24) is 25.7 Å². The molecule has 1 atom stereocenters. The topological polar surface area (TPSA) is 90.1 Å². The minimum Gasteiger partial charge on any atom is -0.335 e. The molecule has 0 radical (unpaired) electrons. The normalized spacial score (nSPS) is 16.7. The first-order valence-electron chi connectivity index (χ1n) is 8.96. The first-order valence-corrected chi connectivity index (χ1v) is 8.96. The van der Waals surface area contributed by atoms with E-state index in [0.717, 1.165) is 17.7 Å². The molecular weight excluding hydrogens is 330 g/mol. The summed E-state index contributed by atoms with van der Waals surface area (Å²) in [7, 11) is 0. The zero-order valence-corrected chi connectivity index (χ0v) is 15.2. The van der Waals surface area contributed by atoms with Crippen LogP contribution in [0, 0.1) is 0 Å². The smallest absolute Gasteiger partial charge is 0.315 e. The van der Waals surface area contributed by atoms with Gasteiger partial charge in [-0.15, -0.1) is 0 Å². The van der Waals surface area contributed by atoms with Crippen molar-refractivity contribution in [3.05, 3.63) is 53.3 Å². The van der Waals surface area contributed by atoms with Gasteiger partial charge in [-0.05, 0) is 24.0 Å². The lowest BCUT2D eigenvalue weighted by atomic mass is 10.1. The van der Waals surface area contributed by atoms with Crippen LogP contribution in [0.1, 0.15) is 47.9 Å². The number of nitrogens with zero attached hydrogens (tertiary/aromatic N) is 2. The Morgan fingerprint density at radius 1 is 1.31 bits per heavy atom. The van der Waals surface area contributed by atoms with Crippen LogP contribution in [0.25, 0.3) is 0 Å². The standard InChI is InChI=1S/C19H25N5O2/c1-13(2)16-10-17(23-22-16)18(25)24-9-8-15(12-24)21-19(26)20-11-14-6-4-3-5-7-14/h3-7,10,13,15H,8-9,11-12H2,1-2H3,(H,22,23)(H2,20,21,26)/t15-/m1/s1. The maximum absolute atomic E-state index is 12.5. The van der Waals surface area contributed by atoms with Crippen molar-refractivity contribution in [3.63, 3.8) is 0 Å². The van der Waals surface area contributed by atoms with E-state index in [9.17, 15) is 9.59 Å². The fourth-order valence-electron chi connectivity index (χ4n) is 2.98. The molecule has 3 amide bonds. The molecule has 0 bridgehead atoms. The van der Waals surface area contributed by atoms with E-state index in [1.807, 2.05) is 44.2 Å². The zero-order chi connectivity index (χ0) is 18.5. The molecule has 3 rings (SSSR count). The minimum absolute atomic E-state index is 0.0433. The lowest BCUT2D eigenvalue weighted by Gasteiger charge is -2.16. The summed E-state index contributed by atoms with van der Waals surface area (Å²) in [6.07, 6.45) is 0.742. The van der Waals surface area contributed by atoms with Gasteiger partial charge in [0.15, 0.2) is 0 Å². The van der Waals surface area contributed by atoms with Crippen LogP contribution in [0.4, 0.5) is 4.79 Å². The third-order valence-corrected chi connectivity index (χ3v) is 4.55. The summed E-state index contributed by atoms with van der Waals surface area (Å²) < 4.78 is 0. The van der Waals surface area contributed by atoms with Crippen molar-refractivity contribution >= 4 is 11.9 Å². The second kappa shape index (κ2) is 8.03. The predicted molar refractivity (Wildman–Crippen MR) is 98.8 cm³/mol. The summed E-state index contributed by atoms with van der Waals surface area (Å²) >= 11 is 0. The predicted octanol–water partition coefficient (Wildman–Crippen LogP) is 2.25. The largest absolute Gasteiger partial charge is 0.335 e. The van der Waals surface area contributed by atoms with Gasteiger partial charge in [-0.1, -0.05) is 44.2 Å². The number of rotatable bonds is 5. The molecule has 138 valence electrons. The number of H-pyrrole nitrogens is 1. The second-order valence-corrected chi connectivity index (χ2v) is 6.91. The number of hydrogen-bond acceptors (Lipinski definition) is 3. The van der Waals surface area contributed by atoms with Gasteiger partial charge in [0.25, 0.3) is 5.91 Å². The number of carbonyl (C=O) groups is 2. The Morgan fingerprint density at radius 2 is 2.08 bits per heavy atom. The summed E-state index contributed by atoms with van der Waals surface area (Å²) in [5, 5.41) is 12.8. The van der Waals surface area contributed by atoms with Gasteiger partial charge < -0.3 is 15.5 Å². The first kappa shape index (κ1) is 18.0. The number of amides is 3. The lowest BCUT2D eigenvalue weighted by Crippen LogP contribution is -2.43. The van der Waals surface area contributed by atoms with Gasteiger partial charge >= 0.3 is 6.03 Å². The van der Waals surface area contributed by atoms with E-state index >= 15 is 0 Å². The molecule has 3 N–H and O–H groups in total. The summed E-state index contributed by atoms with van der Waals surface area (Å²) in [5.74, 6) is 0.201. The Labute approximate surface area is 153 Å². The SMILES string of the molecule is CC(C)c1cc(C(=O)N2CC[C@@H](NC(=O)NCc3ccccc3)C2)n[nH]1. The van der Waals surface area contributed by atoms with Crippen LogP contribution in [0.2, 0.25) is 0 Å². The van der Waals surface area contributed by atoms with Crippen LogP contribution in [-0.2, 0) is 6.54 Å². The Hall–Kier alpha value is -2.83. The van der Waals surface area contributed by atoms with E-state index in [2.05, 4.69) is 20.8 Å². The number of aromatic amines is 1. The second-order valence-electron chi connectivity index (χ2n) is 6.91. The Balaban J connectivity index is 1.47. The molecule has 1 aromatic heterocycles. The minimum atomic E-state index is -0.213. The number of likely N-dealkylation sites (tertiary alicyclic amines) is 1. The number of aromatic nitrogens is 2. The molecule has 1 aliphatic rings. The van der Waals surface area contributed by atoms with E-state index in [0.29, 0.717) is 31.2 Å². The highest BCUT2D eigenvalue weighted by molar-refractivity contribution is 5.92. The van der Waals surface area contributed by atoms with Crippen molar-refractivity contribution in [2.24, 2.45) is 0 Å². The number of benzene rings is 1. The molecule has 2 heterocycles. The fraction of sp³-hybridized carbons (Fsp3) is 0.421. The Kier molecular flexibility index (Phi) is 5.55. The van der Waals surface area contributed by atoms with Gasteiger partial charge in [0.05, 0.1) is 0 Å². The van der Waals surface area contributed by atoms with Gasteiger partial charge in [0.1, 0.15) is 5.69 Å². The van der Waals surface area contributed by atoms with Crippen LogP contribution in [0.15, 0.2) is 36.4 Å². The molecule has 0 unspecified atom stereocenters. The summed E-state index contributed by atoms with van der Waals surface area (Å²) in [6, 6.07) is 11.3. The Bertz CT molecular complexity index is 756. The molecule has 1 fully saturated rings. The molecule has 1 saturated heterocycles. The van der Waals surface area contributed by atoms with Crippen molar-refractivity contribution in [1.29, 1.82) is 0 Å². The summed E-state index contributed by atoms with van der Waals surface area (Å²) in [5.41, 5.74) is 2.43. The lowest BCUT2D eigenvalue weighted by molar-refractivity contribution is 0.0783.